The van der Waals surface area contributed by atoms with E-state index < -0.39 is 6.03 Å². The van der Waals surface area contributed by atoms with E-state index in [0.29, 0.717) is 25.1 Å². The zero-order valence-electron chi connectivity index (χ0n) is 15.4. The average Bonchev–Trinajstić information content (AvgIpc) is 3.02. The molecule has 2 aromatic carbocycles. The number of hydrogen-bond donors (Lipinski definition) is 2. The smallest absolute Gasteiger partial charge is 0.326 e. The van der Waals surface area contributed by atoms with Crippen LogP contribution in [-0.4, -0.2) is 34.1 Å². The minimum absolute atomic E-state index is 0.0328. The molecule has 8 heteroatoms. The zero-order chi connectivity index (χ0) is 19.8. The highest BCUT2D eigenvalue weighted by Gasteiger charge is 2.33. The van der Waals surface area contributed by atoms with Crippen molar-refractivity contribution in [3.63, 3.8) is 0 Å². The zero-order valence-corrected chi connectivity index (χ0v) is 17.5. The summed E-state index contributed by atoms with van der Waals surface area (Å²) >= 11 is 2.25. The van der Waals surface area contributed by atoms with Crippen molar-refractivity contribution in [2.45, 2.75) is 24.9 Å². The third-order valence-corrected chi connectivity index (χ3v) is 6.12. The summed E-state index contributed by atoms with van der Waals surface area (Å²) in [5.41, 5.74) is 8.09. The van der Waals surface area contributed by atoms with E-state index in [1.807, 2.05) is 42.5 Å². The van der Waals surface area contributed by atoms with Crippen LogP contribution in [0.4, 0.5) is 4.79 Å². The van der Waals surface area contributed by atoms with Crippen LogP contribution in [0.15, 0.2) is 47.3 Å². The molecule has 2 atom stereocenters. The first-order chi connectivity index (χ1) is 13.5. The Morgan fingerprint density at radius 2 is 2.00 bits per heavy atom. The summed E-state index contributed by atoms with van der Waals surface area (Å²) < 4.78 is 8.18. The molecule has 1 fully saturated rings. The number of H-pyrrole nitrogens is 1. The lowest BCUT2D eigenvalue weighted by atomic mass is 9.91. The first-order valence-corrected chi connectivity index (χ1v) is 10.2. The molecule has 2 unspecified atom stereocenters. The number of imidazole rings is 1. The maximum Gasteiger partial charge on any atom is 0.326 e. The Balaban J connectivity index is 1.72. The molecule has 3 N–H and O–H groups in total. The van der Waals surface area contributed by atoms with Gasteiger partial charge in [-0.1, -0.05) is 12.1 Å². The first-order valence-electron chi connectivity index (χ1n) is 9.07. The molecule has 7 nitrogen and oxygen atoms in total. The Kier molecular flexibility index (Phi) is 5.05. The lowest BCUT2D eigenvalue weighted by Gasteiger charge is -2.39. The monoisotopic (exact) mass is 492 g/mol. The summed E-state index contributed by atoms with van der Waals surface area (Å²) in [7, 11) is 1.60. The molecule has 4 rings (SSSR count). The molecule has 3 aromatic rings. The number of carbonyl (C=O) groups is 1. The topological polar surface area (TPSA) is 93.3 Å². The van der Waals surface area contributed by atoms with E-state index in [4.69, 9.17) is 10.5 Å². The van der Waals surface area contributed by atoms with Crippen LogP contribution in [0.2, 0.25) is 0 Å². The molecule has 2 heterocycles. The van der Waals surface area contributed by atoms with Crippen molar-refractivity contribution in [1.82, 2.24) is 14.5 Å². The molecule has 0 aliphatic carbocycles. The number of halogens is 1. The van der Waals surface area contributed by atoms with Gasteiger partial charge in [0, 0.05) is 22.2 Å². The highest BCUT2D eigenvalue weighted by molar-refractivity contribution is 14.1. The number of aromatic nitrogens is 2. The Bertz CT molecular complexity index is 1070. The average molecular weight is 492 g/mol. The van der Waals surface area contributed by atoms with Crippen molar-refractivity contribution in [3.05, 3.63) is 62.1 Å². The van der Waals surface area contributed by atoms with Crippen LogP contribution in [0.5, 0.6) is 5.75 Å². The second-order valence-corrected chi connectivity index (χ2v) is 8.21. The molecule has 1 aliphatic rings. The summed E-state index contributed by atoms with van der Waals surface area (Å²) in [6.45, 7) is 0.506. The van der Waals surface area contributed by atoms with Gasteiger partial charge in [-0.25, -0.2) is 9.59 Å². The van der Waals surface area contributed by atoms with Crippen LogP contribution in [0.1, 0.15) is 30.5 Å². The Hall–Kier alpha value is -2.49. The number of urea groups is 1. The highest BCUT2D eigenvalue weighted by Crippen LogP contribution is 2.37. The number of ether oxygens (including phenoxy) is 1. The van der Waals surface area contributed by atoms with Gasteiger partial charge in [0.25, 0.3) is 0 Å². The van der Waals surface area contributed by atoms with E-state index >= 15 is 0 Å². The van der Waals surface area contributed by atoms with Gasteiger partial charge in [-0.3, -0.25) is 4.57 Å². The number of methoxy groups -OCH3 is 1. The van der Waals surface area contributed by atoms with Gasteiger partial charge in [-0.15, -0.1) is 0 Å². The third kappa shape index (κ3) is 3.36. The fraction of sp³-hybridized carbons (Fsp3) is 0.300. The lowest BCUT2D eigenvalue weighted by Crippen LogP contribution is -2.45. The van der Waals surface area contributed by atoms with Crippen molar-refractivity contribution in [3.8, 4) is 5.75 Å². The number of amides is 2. The lowest BCUT2D eigenvalue weighted by molar-refractivity contribution is 0.136. The number of primary amides is 1. The number of benzene rings is 2. The van der Waals surface area contributed by atoms with Crippen LogP contribution in [0, 0.1) is 3.57 Å². The molecule has 0 spiro atoms. The van der Waals surface area contributed by atoms with E-state index in [-0.39, 0.29) is 17.8 Å². The molecule has 0 saturated carbocycles. The van der Waals surface area contributed by atoms with Crippen LogP contribution in [0.3, 0.4) is 0 Å². The number of carbonyl (C=O) groups excluding carboxylic acids is 1. The number of rotatable bonds is 3. The van der Waals surface area contributed by atoms with Crippen molar-refractivity contribution in [2.24, 2.45) is 5.73 Å². The van der Waals surface area contributed by atoms with Crippen molar-refractivity contribution < 1.29 is 9.53 Å². The maximum absolute atomic E-state index is 12.7. The molecule has 0 bridgehead atoms. The standard InChI is InChI=1S/C20H21IN4O3/c1-28-15-6-7-17-16(11-15)23-20(27)25(17)14-8-9-24(19(22)26)18(10-14)12-2-4-13(21)5-3-12/h2-7,11,14,18H,8-10H2,1H3,(H2,22,26)(H,23,27). The quantitative estimate of drug-likeness (QED) is 0.549. The van der Waals surface area contributed by atoms with E-state index in [0.717, 1.165) is 20.2 Å². The fourth-order valence-corrected chi connectivity index (χ4v) is 4.41. The minimum atomic E-state index is -0.432. The Morgan fingerprint density at radius 3 is 2.68 bits per heavy atom. The molecular weight excluding hydrogens is 471 g/mol. The molecular formula is C20H21IN4O3. The van der Waals surface area contributed by atoms with Gasteiger partial charge in [0.2, 0.25) is 0 Å². The molecule has 146 valence electrons. The van der Waals surface area contributed by atoms with Crippen molar-refractivity contribution in [1.29, 1.82) is 0 Å². The largest absolute Gasteiger partial charge is 0.497 e. The van der Waals surface area contributed by atoms with Crippen LogP contribution < -0.4 is 16.2 Å². The van der Waals surface area contributed by atoms with Gasteiger partial charge in [0.15, 0.2) is 0 Å². The number of piperidine rings is 1. The van der Waals surface area contributed by atoms with E-state index in [9.17, 15) is 9.59 Å². The SMILES string of the molecule is COc1ccc2c(c1)[nH]c(=O)n2C1CCN(C(N)=O)C(c2ccc(I)cc2)C1. The van der Waals surface area contributed by atoms with E-state index in [2.05, 4.69) is 27.6 Å². The molecule has 1 aromatic heterocycles. The van der Waals surface area contributed by atoms with E-state index in [1.54, 1.807) is 16.6 Å². The summed E-state index contributed by atoms with van der Waals surface area (Å²) in [5, 5.41) is 0. The van der Waals surface area contributed by atoms with Crippen LogP contribution >= 0.6 is 22.6 Å². The van der Waals surface area contributed by atoms with Gasteiger partial charge in [-0.2, -0.15) is 0 Å². The molecule has 2 amide bonds. The van der Waals surface area contributed by atoms with Gasteiger partial charge in [0.05, 0.1) is 24.2 Å². The number of nitrogens with zero attached hydrogens (tertiary/aromatic N) is 2. The predicted octanol–water partition coefficient (Wildman–Crippen LogP) is 3.40. The highest BCUT2D eigenvalue weighted by atomic mass is 127. The van der Waals surface area contributed by atoms with Gasteiger partial charge >= 0.3 is 11.7 Å². The Morgan fingerprint density at radius 1 is 1.25 bits per heavy atom. The molecule has 1 saturated heterocycles. The number of aromatic amines is 1. The summed E-state index contributed by atoms with van der Waals surface area (Å²) in [4.78, 5) is 29.3. The summed E-state index contributed by atoms with van der Waals surface area (Å²) in [6.07, 6.45) is 1.30. The summed E-state index contributed by atoms with van der Waals surface area (Å²) in [6, 6.07) is 13.0. The van der Waals surface area contributed by atoms with Crippen molar-refractivity contribution in [2.75, 3.05) is 13.7 Å². The molecule has 1 aliphatic heterocycles. The predicted molar refractivity (Wildman–Crippen MR) is 116 cm³/mol. The van der Waals surface area contributed by atoms with Crippen LogP contribution in [0.25, 0.3) is 11.0 Å². The normalized spacial score (nSPS) is 19.7. The van der Waals surface area contributed by atoms with Crippen molar-refractivity contribution >= 4 is 39.7 Å². The van der Waals surface area contributed by atoms with E-state index in [1.165, 1.54) is 0 Å². The molecule has 0 radical (unpaired) electrons. The second-order valence-electron chi connectivity index (χ2n) is 6.96. The van der Waals surface area contributed by atoms with Gasteiger partial charge < -0.3 is 20.4 Å². The first kappa shape index (κ1) is 18.9. The van der Waals surface area contributed by atoms with Crippen LogP contribution in [-0.2, 0) is 0 Å². The second kappa shape index (κ2) is 7.50. The number of nitrogens with two attached hydrogens (primary N) is 1. The van der Waals surface area contributed by atoms with Gasteiger partial charge in [-0.05, 0) is 65.3 Å². The third-order valence-electron chi connectivity index (χ3n) is 5.40. The maximum atomic E-state index is 12.7. The molecule has 28 heavy (non-hydrogen) atoms. The minimum Gasteiger partial charge on any atom is -0.497 e. The number of nitrogens with one attached hydrogen (secondary N) is 1. The number of hydrogen-bond acceptors (Lipinski definition) is 3. The number of fused-ring (bicyclic) bond motifs is 1. The number of likely N-dealkylation sites (tertiary alicyclic amines) is 1. The summed E-state index contributed by atoms with van der Waals surface area (Å²) in [5.74, 6) is 0.696. The van der Waals surface area contributed by atoms with Gasteiger partial charge in [0.1, 0.15) is 5.75 Å². The fourth-order valence-electron chi connectivity index (χ4n) is 4.05. The Labute approximate surface area is 175 Å².